The van der Waals surface area contributed by atoms with Crippen LogP contribution in [0.4, 0.5) is 8.78 Å². The van der Waals surface area contributed by atoms with E-state index in [4.69, 9.17) is 11.6 Å². The molecule has 0 N–H and O–H groups in total. The lowest BCUT2D eigenvalue weighted by atomic mass is 9.79. The highest BCUT2D eigenvalue weighted by molar-refractivity contribution is 6.30. The van der Waals surface area contributed by atoms with E-state index in [1.165, 1.54) is 13.0 Å². The van der Waals surface area contributed by atoms with Crippen LogP contribution >= 0.6 is 11.6 Å². The molecular formula is C13H15ClF2N2O. The third kappa shape index (κ3) is 2.56. The van der Waals surface area contributed by atoms with Gasteiger partial charge in [0.1, 0.15) is 5.67 Å². The first-order valence-electron chi connectivity index (χ1n) is 6.10. The largest absolute Gasteiger partial charge is 0.342 e. The summed E-state index contributed by atoms with van der Waals surface area (Å²) in [6.07, 6.45) is 1.20. The molecule has 0 spiro atoms. The molecule has 0 aliphatic carbocycles. The number of halogens is 3. The summed E-state index contributed by atoms with van der Waals surface area (Å²) in [6.45, 7) is 3.63. The summed E-state index contributed by atoms with van der Waals surface area (Å²) < 4.78 is 28.8. The third-order valence-corrected chi connectivity index (χ3v) is 3.93. The number of hydrogen-bond donors (Lipinski definition) is 0. The summed E-state index contributed by atoms with van der Waals surface area (Å²) in [5, 5.41) is 0.203. The Morgan fingerprint density at radius 3 is 2.89 bits per heavy atom. The highest BCUT2D eigenvalue weighted by Crippen LogP contribution is 2.42. The van der Waals surface area contributed by atoms with Gasteiger partial charge in [-0.05, 0) is 6.07 Å². The first-order valence-corrected chi connectivity index (χ1v) is 6.48. The lowest BCUT2D eigenvalue weighted by Crippen LogP contribution is -2.48. The molecule has 0 bridgehead atoms. The third-order valence-electron chi connectivity index (χ3n) is 3.72. The molecule has 1 amide bonds. The standard InChI is InChI=1S/C13H15ClF2N2O/c1-8-7-18(9(2)19)4-3-13(8,16)11-5-10(14)6-17-12(11)15/h5-6,8H,3-4,7H2,1-2H3/t8-,13+/m0/s1. The number of rotatable bonds is 1. The van der Waals surface area contributed by atoms with Crippen molar-refractivity contribution in [1.29, 1.82) is 0 Å². The van der Waals surface area contributed by atoms with Gasteiger partial charge in [-0.3, -0.25) is 4.79 Å². The average molecular weight is 289 g/mol. The van der Waals surface area contributed by atoms with E-state index in [9.17, 15) is 9.18 Å². The number of piperidine rings is 1. The monoisotopic (exact) mass is 288 g/mol. The van der Waals surface area contributed by atoms with Crippen LogP contribution in [-0.2, 0) is 10.5 Å². The van der Waals surface area contributed by atoms with Gasteiger partial charge in [0.2, 0.25) is 11.9 Å². The highest BCUT2D eigenvalue weighted by atomic mass is 35.5. The Hall–Kier alpha value is -1.23. The van der Waals surface area contributed by atoms with Crippen molar-refractivity contribution in [2.24, 2.45) is 5.92 Å². The summed E-state index contributed by atoms with van der Waals surface area (Å²) in [7, 11) is 0. The van der Waals surface area contributed by atoms with E-state index < -0.39 is 17.5 Å². The number of amides is 1. The van der Waals surface area contributed by atoms with Gasteiger partial charge in [0.05, 0.1) is 5.02 Å². The van der Waals surface area contributed by atoms with Gasteiger partial charge in [-0.15, -0.1) is 0 Å². The van der Waals surface area contributed by atoms with E-state index >= 15 is 4.39 Å². The molecule has 0 unspecified atom stereocenters. The Balaban J connectivity index is 2.33. The lowest BCUT2D eigenvalue weighted by molar-refractivity contribution is -0.133. The van der Waals surface area contributed by atoms with Crippen molar-refractivity contribution < 1.29 is 13.6 Å². The van der Waals surface area contributed by atoms with E-state index in [2.05, 4.69) is 4.98 Å². The number of likely N-dealkylation sites (tertiary alicyclic amines) is 1. The molecule has 0 radical (unpaired) electrons. The second kappa shape index (κ2) is 5.04. The maximum Gasteiger partial charge on any atom is 0.219 e. The second-order valence-electron chi connectivity index (χ2n) is 4.97. The molecule has 0 saturated carbocycles. The fourth-order valence-corrected chi connectivity index (χ4v) is 2.67. The van der Waals surface area contributed by atoms with Crippen LogP contribution in [0.15, 0.2) is 12.3 Å². The normalized spacial score (nSPS) is 27.4. The number of nitrogens with zero attached hydrogens (tertiary/aromatic N) is 2. The Labute approximate surface area is 115 Å². The highest BCUT2D eigenvalue weighted by Gasteiger charge is 2.45. The number of carbonyl (C=O) groups is 1. The summed E-state index contributed by atoms with van der Waals surface area (Å²) >= 11 is 5.76. The Kier molecular flexibility index (Phi) is 3.76. The van der Waals surface area contributed by atoms with Crippen molar-refractivity contribution in [3.8, 4) is 0 Å². The number of alkyl halides is 1. The van der Waals surface area contributed by atoms with E-state index in [-0.39, 0.29) is 36.0 Å². The first-order chi connectivity index (χ1) is 8.84. The average Bonchev–Trinajstić information content (AvgIpc) is 2.35. The van der Waals surface area contributed by atoms with Crippen molar-refractivity contribution in [3.63, 3.8) is 0 Å². The summed E-state index contributed by atoms with van der Waals surface area (Å²) in [5.74, 6) is -1.45. The van der Waals surface area contributed by atoms with Gasteiger partial charge in [0.25, 0.3) is 0 Å². The van der Waals surface area contributed by atoms with Gasteiger partial charge in [0, 0.05) is 44.1 Å². The molecule has 1 aliphatic rings. The smallest absolute Gasteiger partial charge is 0.219 e. The van der Waals surface area contributed by atoms with E-state index in [1.807, 2.05) is 0 Å². The van der Waals surface area contributed by atoms with Crippen molar-refractivity contribution >= 4 is 17.5 Å². The van der Waals surface area contributed by atoms with Crippen molar-refractivity contribution in [1.82, 2.24) is 9.88 Å². The fourth-order valence-electron chi connectivity index (χ4n) is 2.51. The van der Waals surface area contributed by atoms with Crippen LogP contribution in [0.2, 0.25) is 5.02 Å². The molecule has 0 aromatic carbocycles. The van der Waals surface area contributed by atoms with Gasteiger partial charge in [-0.25, -0.2) is 9.37 Å². The van der Waals surface area contributed by atoms with Crippen molar-refractivity contribution in [2.75, 3.05) is 13.1 Å². The molecule has 1 aromatic rings. The van der Waals surface area contributed by atoms with Crippen LogP contribution in [0.5, 0.6) is 0 Å². The van der Waals surface area contributed by atoms with Crippen LogP contribution in [0, 0.1) is 11.9 Å². The van der Waals surface area contributed by atoms with Gasteiger partial charge >= 0.3 is 0 Å². The lowest BCUT2D eigenvalue weighted by Gasteiger charge is -2.41. The van der Waals surface area contributed by atoms with Gasteiger partial charge in [-0.2, -0.15) is 4.39 Å². The summed E-state index contributed by atoms with van der Waals surface area (Å²) in [4.78, 5) is 16.3. The van der Waals surface area contributed by atoms with Gasteiger partial charge in [-0.1, -0.05) is 18.5 Å². The van der Waals surface area contributed by atoms with E-state index in [1.54, 1.807) is 11.8 Å². The van der Waals surface area contributed by atoms with Crippen molar-refractivity contribution in [2.45, 2.75) is 25.9 Å². The molecule has 1 aliphatic heterocycles. The molecule has 2 rings (SSSR count). The molecule has 104 valence electrons. The Bertz CT molecular complexity index is 511. The molecule has 2 atom stereocenters. The molecule has 2 heterocycles. The molecule has 1 fully saturated rings. The predicted molar refractivity (Wildman–Crippen MR) is 68.0 cm³/mol. The zero-order valence-electron chi connectivity index (χ0n) is 10.8. The SMILES string of the molecule is CC(=O)N1CC[C@](F)(c2cc(Cl)cnc2F)[C@@H](C)C1. The molecule has 1 saturated heterocycles. The number of aromatic nitrogens is 1. The molecule has 6 heteroatoms. The topological polar surface area (TPSA) is 33.2 Å². The summed E-state index contributed by atoms with van der Waals surface area (Å²) in [5.41, 5.74) is -1.95. The molecular weight excluding hydrogens is 274 g/mol. The quantitative estimate of drug-likeness (QED) is 0.745. The van der Waals surface area contributed by atoms with Gasteiger partial charge < -0.3 is 4.90 Å². The summed E-state index contributed by atoms with van der Waals surface area (Å²) in [6, 6.07) is 1.28. The molecule has 19 heavy (non-hydrogen) atoms. The van der Waals surface area contributed by atoms with Crippen LogP contribution in [-0.4, -0.2) is 28.9 Å². The number of pyridine rings is 1. The molecule has 3 nitrogen and oxygen atoms in total. The number of hydrogen-bond acceptors (Lipinski definition) is 2. The van der Waals surface area contributed by atoms with E-state index in [0.717, 1.165) is 6.20 Å². The Morgan fingerprint density at radius 1 is 1.63 bits per heavy atom. The zero-order valence-corrected chi connectivity index (χ0v) is 11.5. The van der Waals surface area contributed by atoms with Gasteiger partial charge in [0.15, 0.2) is 0 Å². The Morgan fingerprint density at radius 2 is 2.32 bits per heavy atom. The minimum absolute atomic E-state index is 0.0483. The second-order valence-corrected chi connectivity index (χ2v) is 5.41. The van der Waals surface area contributed by atoms with Crippen LogP contribution in [0.1, 0.15) is 25.8 Å². The van der Waals surface area contributed by atoms with E-state index in [0.29, 0.717) is 0 Å². The van der Waals surface area contributed by atoms with Crippen molar-refractivity contribution in [3.05, 3.63) is 28.8 Å². The zero-order chi connectivity index (χ0) is 14.2. The van der Waals surface area contributed by atoms with Crippen LogP contribution < -0.4 is 0 Å². The first kappa shape index (κ1) is 14.2. The fraction of sp³-hybridized carbons (Fsp3) is 0.538. The minimum atomic E-state index is -1.84. The maximum atomic E-state index is 15.1. The minimum Gasteiger partial charge on any atom is -0.342 e. The van der Waals surface area contributed by atoms with Crippen LogP contribution in [0.3, 0.4) is 0 Å². The maximum absolute atomic E-state index is 15.1. The molecule has 1 aromatic heterocycles. The predicted octanol–water partition coefficient (Wildman–Crippen LogP) is 2.93. The van der Waals surface area contributed by atoms with Crippen LogP contribution in [0.25, 0.3) is 0 Å². The number of carbonyl (C=O) groups excluding carboxylic acids is 1.